The summed E-state index contributed by atoms with van der Waals surface area (Å²) in [5.41, 5.74) is 0.974. The van der Waals surface area contributed by atoms with Gasteiger partial charge in [0.1, 0.15) is 17.7 Å². The van der Waals surface area contributed by atoms with Gasteiger partial charge < -0.3 is 24.7 Å². The minimum atomic E-state index is -2.22. The molecule has 0 unspecified atom stereocenters. The van der Waals surface area contributed by atoms with Crippen LogP contribution in [0.4, 0.5) is 4.79 Å². The lowest BCUT2D eigenvalue weighted by Gasteiger charge is -2.29. The molecule has 2 rings (SSSR count). The number of hydrogen-bond donors (Lipinski definition) is 2. The second kappa shape index (κ2) is 15.4. The van der Waals surface area contributed by atoms with Crippen LogP contribution in [0.2, 0.25) is 19.6 Å². The summed E-state index contributed by atoms with van der Waals surface area (Å²) in [5, 5.41) is 5.49. The van der Waals surface area contributed by atoms with Crippen LogP contribution in [-0.4, -0.2) is 67.9 Å². The average Bonchev–Trinajstić information content (AvgIpc) is 2.86. The second-order valence-electron chi connectivity index (χ2n) is 12.0. The molecule has 0 saturated carbocycles. The van der Waals surface area contributed by atoms with Gasteiger partial charge in [0.2, 0.25) is 20.1 Å². The third-order valence-electron chi connectivity index (χ3n) is 5.72. The number of rotatable bonds is 13. The van der Waals surface area contributed by atoms with Crippen LogP contribution in [0, 0.1) is 0 Å². The highest BCUT2D eigenvalue weighted by Crippen LogP contribution is 2.12. The fraction of sp³-hybridized carbons (Fsp3) is 0.484. The van der Waals surface area contributed by atoms with Crippen LogP contribution in [0.3, 0.4) is 0 Å². The minimum Gasteiger partial charge on any atom is -0.518 e. The van der Waals surface area contributed by atoms with Crippen molar-refractivity contribution in [3.05, 3.63) is 71.8 Å². The summed E-state index contributed by atoms with van der Waals surface area (Å²) in [6.45, 7) is 12.8. The lowest BCUT2D eigenvalue weighted by atomic mass is 10.0. The first-order valence-corrected chi connectivity index (χ1v) is 17.5. The Morgan fingerprint density at radius 3 is 1.80 bits per heavy atom. The Hall–Kier alpha value is -3.66. The van der Waals surface area contributed by atoms with Gasteiger partial charge in [-0.05, 0) is 58.0 Å². The summed E-state index contributed by atoms with van der Waals surface area (Å²) in [6, 6.07) is 16.8. The Kier molecular flexibility index (Phi) is 12.6. The van der Waals surface area contributed by atoms with E-state index in [9.17, 15) is 19.2 Å². The van der Waals surface area contributed by atoms with E-state index in [1.165, 1.54) is 4.90 Å². The molecule has 0 aliphatic carbocycles. The van der Waals surface area contributed by atoms with Gasteiger partial charge in [-0.25, -0.2) is 4.79 Å². The summed E-state index contributed by atoms with van der Waals surface area (Å²) in [7, 11) is -2.22. The van der Waals surface area contributed by atoms with Gasteiger partial charge >= 0.3 is 12.1 Å². The van der Waals surface area contributed by atoms with E-state index in [1.54, 1.807) is 20.8 Å². The molecule has 9 nitrogen and oxygen atoms in total. The lowest BCUT2D eigenvalue weighted by Crippen LogP contribution is -2.54. The largest absolute Gasteiger partial charge is 0.518 e. The molecular formula is C31H45N3O6Si. The third kappa shape index (κ3) is 13.0. The Bertz CT molecular complexity index is 1150. The molecule has 224 valence electrons. The number of ether oxygens (including phenoxy) is 1. The predicted octanol–water partition coefficient (Wildman–Crippen LogP) is 4.47. The topological polar surface area (TPSA) is 114 Å². The van der Waals surface area contributed by atoms with E-state index < -0.39 is 49.9 Å². The van der Waals surface area contributed by atoms with E-state index >= 15 is 0 Å². The standard InChI is InChI=1S/C31H45N3O6Si/c1-8-19-34(28(36)25(20-23-15-11-9-12-16-23)33-30(38)39-31(2,3)4)22-27(35)32-26(29(37)40-41(5,6)7)21-24-17-13-10-14-18-24/h9-18,25-26H,8,19-22H2,1-7H3,(H,32,35)(H,33,38)/t25-,26-/m0/s1. The SMILES string of the molecule is CCCN(CC(=O)N[C@@H](Cc1ccccc1)C(=O)O[Si](C)(C)C)C(=O)[C@H](Cc1ccccc1)NC(=O)OC(C)(C)C. The van der Waals surface area contributed by atoms with Crippen molar-refractivity contribution in [2.24, 2.45) is 0 Å². The van der Waals surface area contributed by atoms with Crippen LogP contribution in [0.25, 0.3) is 0 Å². The smallest absolute Gasteiger partial charge is 0.408 e. The first-order valence-electron chi connectivity index (χ1n) is 14.0. The van der Waals surface area contributed by atoms with E-state index in [4.69, 9.17) is 9.16 Å². The Morgan fingerprint density at radius 1 is 0.829 bits per heavy atom. The highest BCUT2D eigenvalue weighted by atomic mass is 28.4. The van der Waals surface area contributed by atoms with Crippen molar-refractivity contribution in [3.8, 4) is 0 Å². The zero-order valence-electron chi connectivity index (χ0n) is 25.4. The molecule has 3 amide bonds. The van der Waals surface area contributed by atoms with Crippen LogP contribution in [-0.2, 0) is 36.4 Å². The van der Waals surface area contributed by atoms with Gasteiger partial charge in [-0.2, -0.15) is 0 Å². The van der Waals surface area contributed by atoms with Crippen LogP contribution < -0.4 is 10.6 Å². The monoisotopic (exact) mass is 583 g/mol. The highest BCUT2D eigenvalue weighted by molar-refractivity contribution is 6.71. The van der Waals surface area contributed by atoms with Crippen molar-refractivity contribution >= 4 is 32.2 Å². The third-order valence-corrected chi connectivity index (χ3v) is 6.53. The molecule has 0 aliphatic rings. The number of carbonyl (C=O) groups excluding carboxylic acids is 4. The summed E-state index contributed by atoms with van der Waals surface area (Å²) in [4.78, 5) is 54.1. The summed E-state index contributed by atoms with van der Waals surface area (Å²) >= 11 is 0. The maximum absolute atomic E-state index is 13.8. The van der Waals surface area contributed by atoms with Gasteiger partial charge in [0, 0.05) is 19.4 Å². The van der Waals surface area contributed by atoms with Crippen molar-refractivity contribution in [1.29, 1.82) is 0 Å². The van der Waals surface area contributed by atoms with E-state index in [-0.39, 0.29) is 25.9 Å². The van der Waals surface area contributed by atoms with Crippen LogP contribution in [0.5, 0.6) is 0 Å². The Morgan fingerprint density at radius 2 is 1.34 bits per heavy atom. The number of alkyl carbamates (subject to hydrolysis) is 1. The Balaban J connectivity index is 2.24. The number of nitrogens with zero attached hydrogens (tertiary/aromatic N) is 1. The normalized spacial score (nSPS) is 13.0. The van der Waals surface area contributed by atoms with Gasteiger partial charge in [-0.1, -0.05) is 67.6 Å². The fourth-order valence-corrected chi connectivity index (χ4v) is 4.83. The number of nitrogens with one attached hydrogen (secondary N) is 2. The molecule has 0 bridgehead atoms. The van der Waals surface area contributed by atoms with Crippen molar-refractivity contribution in [2.45, 2.75) is 84.3 Å². The molecule has 0 heterocycles. The minimum absolute atomic E-state index is 0.222. The maximum Gasteiger partial charge on any atom is 0.408 e. The van der Waals surface area contributed by atoms with Gasteiger partial charge in [0.15, 0.2) is 0 Å². The summed E-state index contributed by atoms with van der Waals surface area (Å²) < 4.78 is 11.1. The molecule has 0 saturated heterocycles. The predicted molar refractivity (Wildman–Crippen MR) is 162 cm³/mol. The quantitative estimate of drug-likeness (QED) is 0.337. The molecule has 0 aliphatic heterocycles. The molecule has 0 radical (unpaired) electrons. The Labute approximate surface area is 245 Å². The molecule has 0 spiro atoms. The molecule has 2 aromatic rings. The van der Waals surface area contributed by atoms with Crippen molar-refractivity contribution in [2.75, 3.05) is 13.1 Å². The molecule has 0 aromatic heterocycles. The van der Waals surface area contributed by atoms with Crippen molar-refractivity contribution in [3.63, 3.8) is 0 Å². The van der Waals surface area contributed by atoms with Gasteiger partial charge in [0.25, 0.3) is 0 Å². The molecule has 2 aromatic carbocycles. The van der Waals surface area contributed by atoms with Gasteiger partial charge in [0.05, 0.1) is 6.54 Å². The molecule has 10 heteroatoms. The molecule has 0 fully saturated rings. The number of amides is 3. The van der Waals surface area contributed by atoms with E-state index in [1.807, 2.05) is 87.2 Å². The zero-order chi connectivity index (χ0) is 30.6. The highest BCUT2D eigenvalue weighted by Gasteiger charge is 2.32. The van der Waals surface area contributed by atoms with Crippen LogP contribution >= 0.6 is 0 Å². The first kappa shape index (κ1) is 33.5. The summed E-state index contributed by atoms with van der Waals surface area (Å²) in [5.74, 6) is -1.40. The fourth-order valence-electron chi connectivity index (χ4n) is 4.09. The van der Waals surface area contributed by atoms with E-state index in [2.05, 4.69) is 10.6 Å². The zero-order valence-corrected chi connectivity index (χ0v) is 26.4. The molecule has 2 atom stereocenters. The number of benzene rings is 2. The average molecular weight is 584 g/mol. The molecule has 2 N–H and O–H groups in total. The van der Waals surface area contributed by atoms with Crippen molar-refractivity contribution < 1.29 is 28.3 Å². The van der Waals surface area contributed by atoms with E-state index in [0.29, 0.717) is 6.42 Å². The summed E-state index contributed by atoms with van der Waals surface area (Å²) in [6.07, 6.45) is 0.355. The van der Waals surface area contributed by atoms with Crippen LogP contribution in [0.15, 0.2) is 60.7 Å². The van der Waals surface area contributed by atoms with Gasteiger partial charge in [-0.3, -0.25) is 14.4 Å². The number of hydrogen-bond acceptors (Lipinski definition) is 6. The molecular weight excluding hydrogens is 538 g/mol. The van der Waals surface area contributed by atoms with Crippen LogP contribution in [0.1, 0.15) is 45.2 Å². The number of carbonyl (C=O) groups is 4. The lowest BCUT2D eigenvalue weighted by molar-refractivity contribution is -0.141. The van der Waals surface area contributed by atoms with Gasteiger partial charge in [-0.15, -0.1) is 0 Å². The maximum atomic E-state index is 13.8. The molecule has 41 heavy (non-hydrogen) atoms. The second-order valence-corrected chi connectivity index (χ2v) is 16.4. The first-order chi connectivity index (χ1) is 19.2. The van der Waals surface area contributed by atoms with Crippen molar-refractivity contribution in [1.82, 2.24) is 15.5 Å². The van der Waals surface area contributed by atoms with E-state index in [0.717, 1.165) is 11.1 Å².